The highest BCUT2D eigenvalue weighted by atomic mass is 35.5. The standard InChI is InChI=1S/C24H27ClN2O4/c1-15(2)31-19-11-6-5-10-18(19)21-20(22(28)16-8-7-9-17(25)14-16)23(29)24(30)27(21)13-12-26(3)4/h5-11,14-15,21,28H,12-13H2,1-4H3/b22-20-. The second kappa shape index (κ2) is 9.54. The Morgan fingerprint density at radius 2 is 1.87 bits per heavy atom. The van der Waals surface area contributed by atoms with Crippen molar-refractivity contribution in [3.8, 4) is 5.75 Å². The molecule has 0 aromatic heterocycles. The van der Waals surface area contributed by atoms with Crippen LogP contribution in [0, 0.1) is 0 Å². The molecular formula is C24H27ClN2O4. The summed E-state index contributed by atoms with van der Waals surface area (Å²) in [5, 5.41) is 11.5. The van der Waals surface area contributed by atoms with E-state index in [2.05, 4.69) is 0 Å². The minimum Gasteiger partial charge on any atom is -0.507 e. The Morgan fingerprint density at radius 3 is 2.52 bits per heavy atom. The third-order valence-electron chi connectivity index (χ3n) is 5.00. The van der Waals surface area contributed by atoms with E-state index in [0.29, 0.717) is 35.0 Å². The molecule has 1 aliphatic rings. The van der Waals surface area contributed by atoms with E-state index in [4.69, 9.17) is 16.3 Å². The Labute approximate surface area is 187 Å². The van der Waals surface area contributed by atoms with E-state index < -0.39 is 17.7 Å². The average molecular weight is 443 g/mol. The van der Waals surface area contributed by atoms with Crippen LogP contribution >= 0.6 is 11.6 Å². The molecule has 0 bridgehead atoms. The maximum absolute atomic E-state index is 13.1. The number of amides is 1. The molecule has 1 fully saturated rings. The molecule has 7 heteroatoms. The van der Waals surface area contributed by atoms with Crippen molar-refractivity contribution in [3.05, 3.63) is 70.3 Å². The van der Waals surface area contributed by atoms with E-state index >= 15 is 0 Å². The van der Waals surface area contributed by atoms with Gasteiger partial charge in [0, 0.05) is 29.2 Å². The second-order valence-electron chi connectivity index (χ2n) is 8.01. The molecule has 2 aromatic carbocycles. The van der Waals surface area contributed by atoms with Gasteiger partial charge < -0.3 is 19.6 Å². The third kappa shape index (κ3) is 4.92. The van der Waals surface area contributed by atoms with Gasteiger partial charge in [-0.2, -0.15) is 0 Å². The van der Waals surface area contributed by atoms with Gasteiger partial charge in [-0.3, -0.25) is 9.59 Å². The molecule has 1 unspecified atom stereocenters. The van der Waals surface area contributed by atoms with Crippen LogP contribution in [0.3, 0.4) is 0 Å². The van der Waals surface area contributed by atoms with E-state index in [9.17, 15) is 14.7 Å². The summed E-state index contributed by atoms with van der Waals surface area (Å²) in [4.78, 5) is 29.5. The maximum atomic E-state index is 13.1. The van der Waals surface area contributed by atoms with Crippen LogP contribution in [0.15, 0.2) is 54.1 Å². The van der Waals surface area contributed by atoms with E-state index in [1.165, 1.54) is 4.90 Å². The predicted octanol–water partition coefficient (Wildman–Crippen LogP) is 4.11. The number of ketones is 1. The number of hydrogen-bond acceptors (Lipinski definition) is 5. The smallest absolute Gasteiger partial charge is 0.295 e. The average Bonchev–Trinajstić information content (AvgIpc) is 2.96. The number of aliphatic hydroxyl groups is 1. The number of likely N-dealkylation sites (N-methyl/N-ethyl adjacent to an activating group) is 1. The zero-order chi connectivity index (χ0) is 22.7. The van der Waals surface area contributed by atoms with Crippen LogP contribution in [0.2, 0.25) is 5.02 Å². The fourth-order valence-corrected chi connectivity index (χ4v) is 3.79. The first-order valence-corrected chi connectivity index (χ1v) is 10.5. The molecule has 2 aromatic rings. The van der Waals surface area contributed by atoms with Crippen molar-refractivity contribution in [2.24, 2.45) is 0 Å². The molecule has 1 amide bonds. The first kappa shape index (κ1) is 22.8. The lowest BCUT2D eigenvalue weighted by Gasteiger charge is -2.28. The molecule has 3 rings (SSSR count). The summed E-state index contributed by atoms with van der Waals surface area (Å²) in [6, 6.07) is 13.1. The van der Waals surface area contributed by atoms with E-state index in [0.717, 1.165) is 0 Å². The summed E-state index contributed by atoms with van der Waals surface area (Å²) in [5.41, 5.74) is 1.06. The quantitative estimate of drug-likeness (QED) is 0.397. The number of benzene rings is 2. The Bertz CT molecular complexity index is 1020. The van der Waals surface area contributed by atoms with E-state index in [1.54, 1.807) is 30.3 Å². The first-order valence-electron chi connectivity index (χ1n) is 10.2. The molecule has 1 atom stereocenters. The summed E-state index contributed by atoms with van der Waals surface area (Å²) in [5.74, 6) is -1.05. The molecule has 1 heterocycles. The van der Waals surface area contributed by atoms with Crippen LogP contribution in [0.4, 0.5) is 0 Å². The normalized spacial score (nSPS) is 18.3. The number of nitrogens with zero attached hydrogens (tertiary/aromatic N) is 2. The Kier molecular flexibility index (Phi) is 7.03. The van der Waals surface area contributed by atoms with Gasteiger partial charge in [-0.05, 0) is 46.1 Å². The zero-order valence-electron chi connectivity index (χ0n) is 18.1. The minimum atomic E-state index is -0.770. The number of para-hydroxylation sites is 1. The molecule has 0 saturated carbocycles. The number of carbonyl (C=O) groups excluding carboxylic acids is 2. The molecule has 31 heavy (non-hydrogen) atoms. The van der Waals surface area contributed by atoms with Crippen molar-refractivity contribution in [3.63, 3.8) is 0 Å². The maximum Gasteiger partial charge on any atom is 0.295 e. The van der Waals surface area contributed by atoms with Crippen LogP contribution in [0.25, 0.3) is 5.76 Å². The lowest BCUT2D eigenvalue weighted by atomic mass is 9.94. The molecule has 6 nitrogen and oxygen atoms in total. The Morgan fingerprint density at radius 1 is 1.16 bits per heavy atom. The van der Waals surface area contributed by atoms with Gasteiger partial charge >= 0.3 is 0 Å². The summed E-state index contributed by atoms with van der Waals surface area (Å²) < 4.78 is 5.97. The number of ether oxygens (including phenoxy) is 1. The van der Waals surface area contributed by atoms with Crippen LogP contribution in [-0.4, -0.2) is 59.9 Å². The number of aliphatic hydroxyl groups excluding tert-OH is 1. The van der Waals surface area contributed by atoms with Crippen LogP contribution < -0.4 is 4.74 Å². The lowest BCUT2D eigenvalue weighted by molar-refractivity contribution is -0.140. The number of rotatable bonds is 7. The first-order chi connectivity index (χ1) is 14.7. The highest BCUT2D eigenvalue weighted by molar-refractivity contribution is 6.46. The molecule has 0 spiro atoms. The number of halogens is 1. The Hall–Kier alpha value is -2.83. The highest BCUT2D eigenvalue weighted by Gasteiger charge is 2.46. The van der Waals surface area contributed by atoms with Gasteiger partial charge in [-0.25, -0.2) is 0 Å². The van der Waals surface area contributed by atoms with Crippen molar-refractivity contribution in [1.82, 2.24) is 9.80 Å². The largest absolute Gasteiger partial charge is 0.507 e. The second-order valence-corrected chi connectivity index (χ2v) is 8.45. The Balaban J connectivity index is 2.20. The summed E-state index contributed by atoms with van der Waals surface area (Å²) in [6.45, 7) is 4.70. The highest BCUT2D eigenvalue weighted by Crippen LogP contribution is 2.42. The van der Waals surface area contributed by atoms with Crippen molar-refractivity contribution in [2.45, 2.75) is 26.0 Å². The van der Waals surface area contributed by atoms with Crippen molar-refractivity contribution in [1.29, 1.82) is 0 Å². The van der Waals surface area contributed by atoms with Gasteiger partial charge in [0.15, 0.2) is 0 Å². The predicted molar refractivity (Wildman–Crippen MR) is 121 cm³/mol. The fraction of sp³-hybridized carbons (Fsp3) is 0.333. The van der Waals surface area contributed by atoms with Crippen molar-refractivity contribution in [2.75, 3.05) is 27.2 Å². The fourth-order valence-electron chi connectivity index (χ4n) is 3.60. The third-order valence-corrected chi connectivity index (χ3v) is 5.24. The van der Waals surface area contributed by atoms with Crippen molar-refractivity contribution >= 4 is 29.1 Å². The number of hydrogen-bond donors (Lipinski definition) is 1. The SMILES string of the molecule is CC(C)Oc1ccccc1C1/C(=C(/O)c2cccc(Cl)c2)C(=O)C(=O)N1CCN(C)C. The molecule has 164 valence electrons. The molecule has 0 radical (unpaired) electrons. The molecule has 1 aliphatic heterocycles. The lowest BCUT2D eigenvalue weighted by Crippen LogP contribution is -2.35. The van der Waals surface area contributed by atoms with Gasteiger partial charge in [0.25, 0.3) is 11.7 Å². The zero-order valence-corrected chi connectivity index (χ0v) is 18.9. The van der Waals surface area contributed by atoms with E-state index in [1.807, 2.05) is 51.0 Å². The van der Waals surface area contributed by atoms with Gasteiger partial charge in [-0.1, -0.05) is 41.9 Å². The number of likely N-dealkylation sites (tertiary alicyclic amines) is 1. The molecule has 1 saturated heterocycles. The number of carbonyl (C=O) groups is 2. The van der Waals surface area contributed by atoms with Gasteiger partial charge in [0.2, 0.25) is 0 Å². The number of Topliss-reactive ketones (excluding diaryl/α,β-unsaturated/α-hetero) is 1. The summed E-state index contributed by atoms with van der Waals surface area (Å²) in [6.07, 6.45) is -0.0989. The van der Waals surface area contributed by atoms with Crippen molar-refractivity contribution < 1.29 is 19.4 Å². The van der Waals surface area contributed by atoms with Gasteiger partial charge in [-0.15, -0.1) is 0 Å². The van der Waals surface area contributed by atoms with Crippen LogP contribution in [-0.2, 0) is 9.59 Å². The van der Waals surface area contributed by atoms with Crippen LogP contribution in [0.5, 0.6) is 5.75 Å². The van der Waals surface area contributed by atoms with Gasteiger partial charge in [0.05, 0.1) is 17.7 Å². The topological polar surface area (TPSA) is 70.1 Å². The summed E-state index contributed by atoms with van der Waals surface area (Å²) in [7, 11) is 3.79. The summed E-state index contributed by atoms with van der Waals surface area (Å²) >= 11 is 6.09. The van der Waals surface area contributed by atoms with E-state index in [-0.39, 0.29) is 17.4 Å². The van der Waals surface area contributed by atoms with Gasteiger partial charge in [0.1, 0.15) is 11.5 Å². The van der Waals surface area contributed by atoms with Crippen LogP contribution in [0.1, 0.15) is 31.0 Å². The monoisotopic (exact) mass is 442 g/mol. The molecular weight excluding hydrogens is 416 g/mol. The minimum absolute atomic E-state index is 0.0332. The molecule has 0 aliphatic carbocycles. The molecule has 1 N–H and O–H groups in total.